The fraction of sp³-hybridized carbons (Fsp3) is 0.273. The van der Waals surface area contributed by atoms with Crippen LogP contribution in [-0.2, 0) is 9.84 Å². The Morgan fingerprint density at radius 1 is 1.38 bits per heavy atom. The second-order valence-corrected chi connectivity index (χ2v) is 5.84. The third kappa shape index (κ3) is 1.78. The van der Waals surface area contributed by atoms with Gasteiger partial charge in [-0.2, -0.15) is 0 Å². The molecule has 16 heavy (non-hydrogen) atoms. The average Bonchev–Trinajstić information content (AvgIpc) is 2.28. The molecule has 1 aliphatic rings. The molecule has 0 spiro atoms. The summed E-state index contributed by atoms with van der Waals surface area (Å²) in [4.78, 5) is 0. The molecule has 1 aromatic carbocycles. The smallest absolute Gasteiger partial charge is 0.254 e. The van der Waals surface area contributed by atoms with Gasteiger partial charge in [0.1, 0.15) is 11.5 Å². The number of hydrogen-bond acceptors (Lipinski definition) is 4. The highest BCUT2D eigenvalue weighted by Gasteiger charge is 2.33. The second kappa shape index (κ2) is 3.83. The summed E-state index contributed by atoms with van der Waals surface area (Å²) < 4.78 is 28.6. The molecule has 0 bridgehead atoms. The monoisotopic (exact) mass is 240 g/mol. The Kier molecular flexibility index (Phi) is 2.63. The van der Waals surface area contributed by atoms with Crippen molar-refractivity contribution in [3.63, 3.8) is 0 Å². The van der Waals surface area contributed by atoms with Crippen molar-refractivity contribution in [2.45, 2.75) is 12.4 Å². The van der Waals surface area contributed by atoms with E-state index in [0.29, 0.717) is 11.3 Å². The number of benzene rings is 1. The minimum atomic E-state index is -3.45. The van der Waals surface area contributed by atoms with Gasteiger partial charge in [0.2, 0.25) is 0 Å². The van der Waals surface area contributed by atoms with Crippen molar-refractivity contribution in [2.75, 3.05) is 5.75 Å². The van der Waals surface area contributed by atoms with Gasteiger partial charge in [-0.1, -0.05) is 25.1 Å². The summed E-state index contributed by atoms with van der Waals surface area (Å²) in [6.45, 7) is 1.52. The average molecular weight is 240 g/mol. The molecule has 86 valence electrons. The van der Waals surface area contributed by atoms with E-state index in [1.807, 2.05) is 0 Å². The van der Waals surface area contributed by atoms with E-state index in [4.69, 9.17) is 4.74 Å². The van der Waals surface area contributed by atoms with Crippen LogP contribution in [0.15, 0.2) is 30.0 Å². The lowest BCUT2D eigenvalue weighted by molar-refractivity contribution is 0.231. The van der Waals surface area contributed by atoms with Crippen LogP contribution in [0.2, 0.25) is 0 Å². The Bertz CT molecular complexity index is 531. The standard InChI is InChI=1S/C11H12O4S/c1-2-16(13,14)11-9(12)7-8-5-3-4-6-10(8)15-11/h3-7,11-12H,2H2,1H3. The SMILES string of the molecule is CCS(=O)(=O)C1Oc2ccccc2C=C1O. The van der Waals surface area contributed by atoms with Crippen LogP contribution in [0.5, 0.6) is 5.75 Å². The van der Waals surface area contributed by atoms with Gasteiger partial charge in [-0.05, 0) is 12.1 Å². The van der Waals surface area contributed by atoms with E-state index in [1.54, 1.807) is 24.3 Å². The van der Waals surface area contributed by atoms with Crippen molar-refractivity contribution >= 4 is 15.9 Å². The number of sulfone groups is 1. The van der Waals surface area contributed by atoms with Gasteiger partial charge in [-0.25, -0.2) is 8.42 Å². The minimum absolute atomic E-state index is 0.0717. The Morgan fingerprint density at radius 3 is 2.75 bits per heavy atom. The lowest BCUT2D eigenvalue weighted by Gasteiger charge is -2.23. The molecule has 4 nitrogen and oxygen atoms in total. The maximum Gasteiger partial charge on any atom is 0.254 e. The summed E-state index contributed by atoms with van der Waals surface area (Å²) in [7, 11) is -3.45. The Labute approximate surface area is 94.1 Å². The zero-order valence-corrected chi connectivity index (χ0v) is 9.57. The molecule has 0 aromatic heterocycles. The molecule has 0 fully saturated rings. The van der Waals surface area contributed by atoms with E-state index in [-0.39, 0.29) is 11.5 Å². The lowest BCUT2D eigenvalue weighted by atomic mass is 10.1. The number of ether oxygens (including phenoxy) is 1. The van der Waals surface area contributed by atoms with Crippen molar-refractivity contribution < 1.29 is 18.3 Å². The third-order valence-electron chi connectivity index (χ3n) is 2.43. The molecule has 1 heterocycles. The van der Waals surface area contributed by atoms with Gasteiger partial charge in [0, 0.05) is 5.56 Å². The first-order valence-corrected chi connectivity index (χ1v) is 6.64. The van der Waals surface area contributed by atoms with Crippen molar-refractivity contribution in [3.05, 3.63) is 35.6 Å². The number of aliphatic hydroxyl groups excluding tert-OH is 1. The second-order valence-electron chi connectivity index (χ2n) is 3.51. The fourth-order valence-electron chi connectivity index (χ4n) is 1.52. The summed E-state index contributed by atoms with van der Waals surface area (Å²) in [6.07, 6.45) is 1.43. The topological polar surface area (TPSA) is 63.6 Å². The van der Waals surface area contributed by atoms with Crippen LogP contribution in [0.4, 0.5) is 0 Å². The largest absolute Gasteiger partial charge is 0.507 e. The first kappa shape index (κ1) is 11.0. The maximum absolute atomic E-state index is 11.6. The summed E-state index contributed by atoms with van der Waals surface area (Å²) in [5, 5.41) is 9.64. The molecular formula is C11H12O4S. The van der Waals surface area contributed by atoms with Crippen molar-refractivity contribution in [1.82, 2.24) is 0 Å². The summed E-state index contributed by atoms with van der Waals surface area (Å²) >= 11 is 0. The van der Waals surface area contributed by atoms with E-state index >= 15 is 0 Å². The molecule has 5 heteroatoms. The molecule has 0 saturated heterocycles. The van der Waals surface area contributed by atoms with Crippen molar-refractivity contribution in [3.8, 4) is 5.75 Å². The lowest BCUT2D eigenvalue weighted by Crippen LogP contribution is -2.32. The number of fused-ring (bicyclic) bond motifs is 1. The van der Waals surface area contributed by atoms with E-state index < -0.39 is 15.3 Å². The van der Waals surface area contributed by atoms with E-state index in [2.05, 4.69) is 0 Å². The highest BCUT2D eigenvalue weighted by atomic mass is 32.2. The first-order chi connectivity index (χ1) is 7.54. The molecule has 1 atom stereocenters. The van der Waals surface area contributed by atoms with Gasteiger partial charge in [-0.3, -0.25) is 0 Å². The molecule has 1 N–H and O–H groups in total. The molecule has 1 aromatic rings. The van der Waals surface area contributed by atoms with E-state index in [0.717, 1.165) is 0 Å². The summed E-state index contributed by atoms with van der Waals surface area (Å²) in [5.41, 5.74) is -0.588. The molecule has 0 amide bonds. The predicted octanol–water partition coefficient (Wildman–Crippen LogP) is 1.74. The quantitative estimate of drug-likeness (QED) is 0.855. The predicted molar refractivity (Wildman–Crippen MR) is 60.9 cm³/mol. The van der Waals surface area contributed by atoms with Crippen LogP contribution in [0.3, 0.4) is 0 Å². The normalized spacial score (nSPS) is 19.6. The maximum atomic E-state index is 11.6. The van der Waals surface area contributed by atoms with Crippen LogP contribution in [-0.4, -0.2) is 24.7 Å². The van der Waals surface area contributed by atoms with Crippen LogP contribution in [0, 0.1) is 0 Å². The van der Waals surface area contributed by atoms with Gasteiger partial charge in [0.15, 0.2) is 9.84 Å². The fourth-order valence-corrected chi connectivity index (χ4v) is 2.51. The van der Waals surface area contributed by atoms with Crippen LogP contribution in [0.25, 0.3) is 6.08 Å². The zero-order valence-electron chi connectivity index (χ0n) is 8.75. The summed E-state index contributed by atoms with van der Waals surface area (Å²) in [6, 6.07) is 6.97. The van der Waals surface area contributed by atoms with Gasteiger partial charge in [0.25, 0.3) is 5.44 Å². The number of hydrogen-bond donors (Lipinski definition) is 1. The molecule has 0 aliphatic carbocycles. The molecular weight excluding hydrogens is 228 g/mol. The van der Waals surface area contributed by atoms with Gasteiger partial charge < -0.3 is 9.84 Å². The van der Waals surface area contributed by atoms with Crippen LogP contribution in [0.1, 0.15) is 12.5 Å². The van der Waals surface area contributed by atoms with Crippen molar-refractivity contribution in [1.29, 1.82) is 0 Å². The Balaban J connectivity index is 2.45. The number of aliphatic hydroxyl groups is 1. The highest BCUT2D eigenvalue weighted by Crippen LogP contribution is 2.30. The van der Waals surface area contributed by atoms with Crippen LogP contribution >= 0.6 is 0 Å². The molecule has 1 unspecified atom stereocenters. The van der Waals surface area contributed by atoms with Crippen LogP contribution < -0.4 is 4.74 Å². The molecule has 1 aliphatic heterocycles. The Hall–Kier alpha value is -1.49. The van der Waals surface area contributed by atoms with E-state index in [9.17, 15) is 13.5 Å². The molecule has 2 rings (SSSR count). The zero-order chi connectivity index (χ0) is 11.8. The van der Waals surface area contributed by atoms with Crippen molar-refractivity contribution in [2.24, 2.45) is 0 Å². The minimum Gasteiger partial charge on any atom is -0.507 e. The Morgan fingerprint density at radius 2 is 2.06 bits per heavy atom. The summed E-state index contributed by atoms with van der Waals surface area (Å²) in [5.74, 6) is 0.139. The third-order valence-corrected chi connectivity index (χ3v) is 4.22. The highest BCUT2D eigenvalue weighted by molar-refractivity contribution is 7.92. The van der Waals surface area contributed by atoms with Gasteiger partial charge >= 0.3 is 0 Å². The van der Waals surface area contributed by atoms with E-state index in [1.165, 1.54) is 13.0 Å². The molecule has 0 radical (unpaired) electrons. The molecule has 0 saturated carbocycles. The van der Waals surface area contributed by atoms with Gasteiger partial charge in [0.05, 0.1) is 5.75 Å². The first-order valence-electron chi connectivity index (χ1n) is 4.92. The number of para-hydroxylation sites is 1. The van der Waals surface area contributed by atoms with Gasteiger partial charge in [-0.15, -0.1) is 0 Å². The number of rotatable bonds is 2.